The molecule has 3 N–H and O–H groups in total. The zero-order chi connectivity index (χ0) is 19.7. The molecule has 2 aromatic rings. The highest BCUT2D eigenvalue weighted by Gasteiger charge is 2.50. The number of aliphatic hydroxyl groups is 1. The van der Waals surface area contributed by atoms with E-state index in [1.165, 1.54) is 48.5 Å². The van der Waals surface area contributed by atoms with E-state index < -0.39 is 34.1 Å². The molecule has 0 radical (unpaired) electrons. The van der Waals surface area contributed by atoms with Gasteiger partial charge in [0.25, 0.3) is 5.91 Å². The van der Waals surface area contributed by atoms with Gasteiger partial charge in [0, 0.05) is 6.54 Å². The first-order chi connectivity index (χ1) is 12.7. The van der Waals surface area contributed by atoms with Crippen molar-refractivity contribution >= 4 is 15.9 Å². The van der Waals surface area contributed by atoms with E-state index in [1.807, 2.05) is 0 Å². The van der Waals surface area contributed by atoms with E-state index in [4.69, 9.17) is 15.2 Å². The fourth-order valence-corrected chi connectivity index (χ4v) is 4.17. The van der Waals surface area contributed by atoms with Gasteiger partial charge in [-0.3, -0.25) is 4.79 Å². The fraction of sp³-hybridized carbons (Fsp3) is 0.235. The lowest BCUT2D eigenvalue weighted by atomic mass is 10.2. The number of hydrogen-bond acceptors (Lipinski definition) is 6. The molecule has 10 heteroatoms. The maximum absolute atomic E-state index is 12.9. The molecule has 1 aliphatic rings. The maximum Gasteiger partial charge on any atom is 0.268 e. The van der Waals surface area contributed by atoms with Gasteiger partial charge in [0.05, 0.1) is 18.1 Å². The fourth-order valence-electron chi connectivity index (χ4n) is 2.58. The molecule has 1 aliphatic heterocycles. The second kappa shape index (κ2) is 7.24. The topological polar surface area (TPSA) is 119 Å². The number of sulfonamides is 1. The van der Waals surface area contributed by atoms with Gasteiger partial charge in [-0.1, -0.05) is 0 Å². The van der Waals surface area contributed by atoms with Crippen LogP contribution in [0.3, 0.4) is 0 Å². The standard InChI is InChI=1S/C17H17FN2O6S/c18-12-1-3-13(4-2-12)26-14-5-7-15(8-6-14)27(23,24)20-9-10-25-11-17(20,22)16(19)21/h1-8,22H,9-11H2,(H2,19,21). The van der Waals surface area contributed by atoms with Crippen LogP contribution in [-0.4, -0.2) is 49.2 Å². The Balaban J connectivity index is 1.84. The van der Waals surface area contributed by atoms with Crippen molar-refractivity contribution in [1.82, 2.24) is 4.31 Å². The summed E-state index contributed by atoms with van der Waals surface area (Å²) in [4.78, 5) is 11.4. The van der Waals surface area contributed by atoms with Gasteiger partial charge >= 0.3 is 0 Å². The van der Waals surface area contributed by atoms with E-state index in [0.29, 0.717) is 15.8 Å². The van der Waals surface area contributed by atoms with Gasteiger partial charge in [0.2, 0.25) is 15.7 Å². The summed E-state index contributed by atoms with van der Waals surface area (Å²) in [7, 11) is -4.21. The van der Waals surface area contributed by atoms with Crippen molar-refractivity contribution in [2.75, 3.05) is 19.8 Å². The third-order valence-corrected chi connectivity index (χ3v) is 5.94. The smallest absolute Gasteiger partial charge is 0.268 e. The largest absolute Gasteiger partial charge is 0.457 e. The van der Waals surface area contributed by atoms with Crippen LogP contribution in [0.4, 0.5) is 4.39 Å². The van der Waals surface area contributed by atoms with Crippen LogP contribution in [0.1, 0.15) is 0 Å². The molecular weight excluding hydrogens is 379 g/mol. The average Bonchev–Trinajstić information content (AvgIpc) is 2.64. The molecule has 1 unspecified atom stereocenters. The maximum atomic E-state index is 12.9. The van der Waals surface area contributed by atoms with Gasteiger partial charge in [-0.25, -0.2) is 12.8 Å². The average molecular weight is 396 g/mol. The number of ether oxygens (including phenoxy) is 2. The molecule has 144 valence electrons. The molecule has 1 heterocycles. The van der Waals surface area contributed by atoms with Crippen molar-refractivity contribution in [2.24, 2.45) is 5.73 Å². The third kappa shape index (κ3) is 3.78. The predicted octanol–water partition coefficient (Wildman–Crippen LogP) is 0.813. The Morgan fingerprint density at radius 1 is 1.15 bits per heavy atom. The lowest BCUT2D eigenvalue weighted by Crippen LogP contribution is -2.65. The molecule has 1 atom stereocenters. The highest BCUT2D eigenvalue weighted by Crippen LogP contribution is 2.28. The Labute approximate surface area is 155 Å². The summed E-state index contributed by atoms with van der Waals surface area (Å²) in [6, 6.07) is 10.7. The number of benzene rings is 2. The summed E-state index contributed by atoms with van der Waals surface area (Å²) in [6.07, 6.45) is 0. The first-order valence-corrected chi connectivity index (χ1v) is 9.34. The zero-order valence-electron chi connectivity index (χ0n) is 14.0. The predicted molar refractivity (Wildman–Crippen MR) is 91.8 cm³/mol. The minimum Gasteiger partial charge on any atom is -0.457 e. The molecule has 0 spiro atoms. The Hall–Kier alpha value is -2.53. The first-order valence-electron chi connectivity index (χ1n) is 7.90. The summed E-state index contributed by atoms with van der Waals surface area (Å²) < 4.78 is 49.7. The number of morpholine rings is 1. The molecule has 1 fully saturated rings. The first kappa shape index (κ1) is 19.2. The van der Waals surface area contributed by atoms with Gasteiger partial charge in [-0.2, -0.15) is 4.31 Å². The van der Waals surface area contributed by atoms with Crippen LogP contribution >= 0.6 is 0 Å². The van der Waals surface area contributed by atoms with Crippen molar-refractivity contribution in [1.29, 1.82) is 0 Å². The molecule has 2 aromatic carbocycles. The van der Waals surface area contributed by atoms with Gasteiger partial charge < -0.3 is 20.3 Å². The molecule has 27 heavy (non-hydrogen) atoms. The normalized spacial score (nSPS) is 21.0. The van der Waals surface area contributed by atoms with E-state index in [1.54, 1.807) is 0 Å². The monoisotopic (exact) mass is 396 g/mol. The highest BCUT2D eigenvalue weighted by molar-refractivity contribution is 7.89. The molecular formula is C17H17FN2O6S. The second-order valence-electron chi connectivity index (χ2n) is 5.84. The van der Waals surface area contributed by atoms with Gasteiger partial charge in [-0.05, 0) is 48.5 Å². The zero-order valence-corrected chi connectivity index (χ0v) is 14.9. The van der Waals surface area contributed by atoms with Crippen molar-refractivity contribution in [3.05, 3.63) is 54.3 Å². The second-order valence-corrected chi connectivity index (χ2v) is 7.70. The van der Waals surface area contributed by atoms with E-state index in [-0.39, 0.29) is 18.0 Å². The molecule has 8 nitrogen and oxygen atoms in total. The number of rotatable bonds is 5. The van der Waals surface area contributed by atoms with Crippen molar-refractivity contribution in [3.63, 3.8) is 0 Å². The van der Waals surface area contributed by atoms with Gasteiger partial charge in [0.1, 0.15) is 17.3 Å². The van der Waals surface area contributed by atoms with Crippen LogP contribution in [0.15, 0.2) is 53.4 Å². The Kier molecular flexibility index (Phi) is 5.16. The number of primary amides is 1. The Bertz CT molecular complexity index is 933. The minimum absolute atomic E-state index is 0.0145. The molecule has 1 amide bonds. The van der Waals surface area contributed by atoms with E-state index >= 15 is 0 Å². The van der Waals surface area contributed by atoms with Crippen molar-refractivity contribution in [2.45, 2.75) is 10.6 Å². The number of nitrogens with two attached hydrogens (primary N) is 1. The quantitative estimate of drug-likeness (QED) is 0.772. The number of carbonyl (C=O) groups excluding carboxylic acids is 1. The van der Waals surface area contributed by atoms with Crippen molar-refractivity contribution in [3.8, 4) is 11.5 Å². The van der Waals surface area contributed by atoms with Crippen LogP contribution in [0.5, 0.6) is 11.5 Å². The lowest BCUT2D eigenvalue weighted by Gasteiger charge is -2.39. The van der Waals surface area contributed by atoms with Crippen LogP contribution in [0.2, 0.25) is 0 Å². The SMILES string of the molecule is NC(=O)C1(O)COCCN1S(=O)(=O)c1ccc(Oc2ccc(F)cc2)cc1. The number of carbonyl (C=O) groups is 1. The van der Waals surface area contributed by atoms with Crippen LogP contribution in [0.25, 0.3) is 0 Å². The third-order valence-electron chi connectivity index (χ3n) is 4.01. The lowest BCUT2D eigenvalue weighted by molar-refractivity contribution is -0.175. The summed E-state index contributed by atoms with van der Waals surface area (Å²) >= 11 is 0. The molecule has 1 saturated heterocycles. The molecule has 3 rings (SSSR count). The number of halogens is 1. The van der Waals surface area contributed by atoms with E-state index in [0.717, 1.165) is 0 Å². The van der Waals surface area contributed by atoms with Gasteiger partial charge in [-0.15, -0.1) is 0 Å². The Morgan fingerprint density at radius 3 is 2.26 bits per heavy atom. The Morgan fingerprint density at radius 2 is 1.70 bits per heavy atom. The summed E-state index contributed by atoms with van der Waals surface area (Å²) in [5.74, 6) is -0.922. The van der Waals surface area contributed by atoms with Crippen molar-refractivity contribution < 1.29 is 32.2 Å². The molecule has 0 bridgehead atoms. The van der Waals surface area contributed by atoms with Gasteiger partial charge in [0.15, 0.2) is 0 Å². The van der Waals surface area contributed by atoms with Crippen LogP contribution in [0, 0.1) is 5.82 Å². The summed E-state index contributed by atoms with van der Waals surface area (Å²) in [5.41, 5.74) is 2.71. The molecule has 0 aliphatic carbocycles. The minimum atomic E-state index is -4.21. The van der Waals surface area contributed by atoms with Crippen LogP contribution in [-0.2, 0) is 19.6 Å². The summed E-state index contributed by atoms with van der Waals surface area (Å²) in [5, 5.41) is 10.4. The van der Waals surface area contributed by atoms with E-state index in [2.05, 4.69) is 0 Å². The number of amides is 1. The summed E-state index contributed by atoms with van der Waals surface area (Å²) in [6.45, 7) is -0.760. The highest BCUT2D eigenvalue weighted by atomic mass is 32.2. The van der Waals surface area contributed by atoms with E-state index in [9.17, 15) is 22.7 Å². The number of nitrogens with zero attached hydrogens (tertiary/aromatic N) is 1. The molecule has 0 saturated carbocycles. The number of hydrogen-bond donors (Lipinski definition) is 2. The van der Waals surface area contributed by atoms with Crippen LogP contribution < -0.4 is 10.5 Å². The molecule has 0 aromatic heterocycles.